The van der Waals surface area contributed by atoms with E-state index in [1.165, 1.54) is 22.9 Å². The van der Waals surface area contributed by atoms with Gasteiger partial charge in [-0.1, -0.05) is 12.1 Å². The molecule has 1 fully saturated rings. The summed E-state index contributed by atoms with van der Waals surface area (Å²) in [5.41, 5.74) is -0.622. The number of benzene rings is 1. The van der Waals surface area contributed by atoms with Crippen LogP contribution in [0.2, 0.25) is 0 Å². The number of rotatable bonds is 3. The van der Waals surface area contributed by atoms with Gasteiger partial charge in [0.1, 0.15) is 5.82 Å². The first kappa shape index (κ1) is 11.8. The van der Waals surface area contributed by atoms with Gasteiger partial charge in [-0.3, -0.25) is 0 Å². The Bertz CT molecular complexity index is 636. The molecule has 1 aliphatic carbocycles. The maximum atomic E-state index is 13.2. The summed E-state index contributed by atoms with van der Waals surface area (Å²) in [7, 11) is 0. The van der Waals surface area contributed by atoms with E-state index in [0.29, 0.717) is 18.4 Å². The van der Waals surface area contributed by atoms with Crippen LogP contribution in [0.15, 0.2) is 24.3 Å². The molecule has 0 bridgehead atoms. The molecular formula is C12H11FN4O2. The highest BCUT2D eigenvalue weighted by Gasteiger charge is 2.49. The highest BCUT2D eigenvalue weighted by atomic mass is 19.1. The lowest BCUT2D eigenvalue weighted by molar-refractivity contribution is -0.153. The molecular weight excluding hydrogens is 251 g/mol. The van der Waals surface area contributed by atoms with Crippen molar-refractivity contribution in [1.29, 1.82) is 0 Å². The van der Waals surface area contributed by atoms with Gasteiger partial charge in [-0.2, -0.15) is 0 Å². The number of aliphatic carboxylic acids is 1. The Hall–Kier alpha value is -2.31. The zero-order chi connectivity index (χ0) is 13.5. The van der Waals surface area contributed by atoms with Crippen LogP contribution in [0.1, 0.15) is 19.3 Å². The fraction of sp³-hybridized carbons (Fsp3) is 0.333. The fourth-order valence-electron chi connectivity index (χ4n) is 2.31. The molecule has 1 N–H and O–H groups in total. The molecule has 19 heavy (non-hydrogen) atoms. The molecule has 98 valence electrons. The van der Waals surface area contributed by atoms with Gasteiger partial charge in [0.25, 0.3) is 0 Å². The smallest absolute Gasteiger partial charge is 0.331 e. The zero-order valence-corrected chi connectivity index (χ0v) is 9.95. The van der Waals surface area contributed by atoms with Gasteiger partial charge in [0.05, 0.1) is 0 Å². The van der Waals surface area contributed by atoms with Crippen molar-refractivity contribution in [2.24, 2.45) is 0 Å². The largest absolute Gasteiger partial charge is 0.479 e. The van der Waals surface area contributed by atoms with E-state index in [1.54, 1.807) is 6.07 Å². The predicted octanol–water partition coefficient (Wildman–Crippen LogP) is 1.44. The van der Waals surface area contributed by atoms with Crippen LogP contribution >= 0.6 is 0 Å². The third kappa shape index (κ3) is 1.69. The normalized spacial score (nSPS) is 16.9. The van der Waals surface area contributed by atoms with E-state index in [4.69, 9.17) is 0 Å². The number of tetrazole rings is 1. The van der Waals surface area contributed by atoms with Crippen molar-refractivity contribution in [3.63, 3.8) is 0 Å². The molecule has 1 aromatic heterocycles. The van der Waals surface area contributed by atoms with E-state index >= 15 is 0 Å². The van der Waals surface area contributed by atoms with Gasteiger partial charge >= 0.3 is 5.97 Å². The second-order valence-electron chi connectivity index (χ2n) is 4.61. The molecule has 1 aliphatic rings. The Balaban J connectivity index is 2.11. The van der Waals surface area contributed by atoms with Gasteiger partial charge < -0.3 is 5.11 Å². The third-order valence-corrected chi connectivity index (χ3v) is 3.54. The first-order chi connectivity index (χ1) is 9.13. The minimum absolute atomic E-state index is 0.279. The first-order valence-electron chi connectivity index (χ1n) is 5.92. The number of carboxylic acids is 1. The van der Waals surface area contributed by atoms with Gasteiger partial charge in [-0.15, -0.1) is 5.10 Å². The second-order valence-corrected chi connectivity index (χ2v) is 4.61. The summed E-state index contributed by atoms with van der Waals surface area (Å²) >= 11 is 0. The second kappa shape index (κ2) is 4.11. The predicted molar refractivity (Wildman–Crippen MR) is 62.7 cm³/mol. The SMILES string of the molecule is O=C(O)C1(n2nnnc2-c2cccc(F)c2)CCC1. The van der Waals surface area contributed by atoms with Crippen molar-refractivity contribution in [3.8, 4) is 11.4 Å². The van der Waals surface area contributed by atoms with E-state index in [2.05, 4.69) is 15.5 Å². The van der Waals surface area contributed by atoms with Crippen molar-refractivity contribution in [2.75, 3.05) is 0 Å². The number of aromatic nitrogens is 4. The number of hydrogen-bond donors (Lipinski definition) is 1. The van der Waals surface area contributed by atoms with Crippen molar-refractivity contribution in [1.82, 2.24) is 20.2 Å². The van der Waals surface area contributed by atoms with Crippen LogP contribution in [0.3, 0.4) is 0 Å². The van der Waals surface area contributed by atoms with Crippen LogP contribution in [0.25, 0.3) is 11.4 Å². The van der Waals surface area contributed by atoms with Gasteiger partial charge in [0.2, 0.25) is 0 Å². The van der Waals surface area contributed by atoms with Crippen LogP contribution in [0, 0.1) is 5.82 Å². The van der Waals surface area contributed by atoms with E-state index in [9.17, 15) is 14.3 Å². The van der Waals surface area contributed by atoms with Gasteiger partial charge in [0, 0.05) is 5.56 Å². The summed E-state index contributed by atoms with van der Waals surface area (Å²) in [6.45, 7) is 0. The molecule has 1 saturated carbocycles. The summed E-state index contributed by atoms with van der Waals surface area (Å²) in [5, 5.41) is 20.5. The van der Waals surface area contributed by atoms with Crippen molar-refractivity contribution < 1.29 is 14.3 Å². The standard InChI is InChI=1S/C12H11FN4O2/c13-9-4-1-3-8(7-9)10-14-15-16-17(10)12(11(18)19)5-2-6-12/h1,3-4,7H,2,5-6H2,(H,18,19). The maximum absolute atomic E-state index is 13.2. The molecule has 6 nitrogen and oxygen atoms in total. The van der Waals surface area contributed by atoms with Gasteiger partial charge in [-0.25, -0.2) is 13.9 Å². The van der Waals surface area contributed by atoms with Gasteiger partial charge in [0.15, 0.2) is 11.4 Å². The van der Waals surface area contributed by atoms with E-state index < -0.39 is 17.3 Å². The molecule has 0 radical (unpaired) electrons. The molecule has 1 heterocycles. The molecule has 0 spiro atoms. The lowest BCUT2D eigenvalue weighted by Gasteiger charge is -2.37. The maximum Gasteiger partial charge on any atom is 0.331 e. The summed E-state index contributed by atoms with van der Waals surface area (Å²) in [6.07, 6.45) is 1.78. The summed E-state index contributed by atoms with van der Waals surface area (Å²) in [6, 6.07) is 5.79. The van der Waals surface area contributed by atoms with Crippen molar-refractivity contribution >= 4 is 5.97 Å². The third-order valence-electron chi connectivity index (χ3n) is 3.54. The molecule has 2 aromatic rings. The van der Waals surface area contributed by atoms with E-state index in [1.807, 2.05) is 0 Å². The Kier molecular flexibility index (Phi) is 2.55. The molecule has 0 unspecified atom stereocenters. The minimum atomic E-state index is -1.09. The van der Waals surface area contributed by atoms with Crippen LogP contribution in [0.5, 0.6) is 0 Å². The summed E-state index contributed by atoms with van der Waals surface area (Å²) < 4.78 is 14.5. The molecule has 0 atom stereocenters. The Morgan fingerprint density at radius 3 is 2.79 bits per heavy atom. The van der Waals surface area contributed by atoms with Crippen molar-refractivity contribution in [3.05, 3.63) is 30.1 Å². The lowest BCUT2D eigenvalue weighted by Crippen LogP contribution is -2.48. The lowest BCUT2D eigenvalue weighted by atomic mass is 9.76. The van der Waals surface area contributed by atoms with Crippen LogP contribution in [-0.2, 0) is 10.3 Å². The minimum Gasteiger partial charge on any atom is -0.479 e. The molecule has 0 aliphatic heterocycles. The quantitative estimate of drug-likeness (QED) is 0.905. The highest BCUT2D eigenvalue weighted by Crippen LogP contribution is 2.40. The number of carboxylic acid groups (broad SMARTS) is 1. The Labute approximate surface area is 107 Å². The zero-order valence-electron chi connectivity index (χ0n) is 9.95. The Morgan fingerprint density at radius 1 is 1.42 bits per heavy atom. The number of hydrogen-bond acceptors (Lipinski definition) is 4. The molecule has 1 aromatic carbocycles. The molecule has 3 rings (SSSR count). The summed E-state index contributed by atoms with van der Waals surface area (Å²) in [4.78, 5) is 11.5. The fourth-order valence-corrected chi connectivity index (χ4v) is 2.31. The number of halogens is 1. The van der Waals surface area contributed by atoms with Crippen LogP contribution in [-0.4, -0.2) is 31.3 Å². The van der Waals surface area contributed by atoms with E-state index in [0.717, 1.165) is 6.42 Å². The van der Waals surface area contributed by atoms with Crippen LogP contribution < -0.4 is 0 Å². The molecule has 7 heteroatoms. The average molecular weight is 262 g/mol. The highest BCUT2D eigenvalue weighted by molar-refractivity contribution is 5.78. The van der Waals surface area contributed by atoms with E-state index in [-0.39, 0.29) is 5.82 Å². The van der Waals surface area contributed by atoms with Crippen LogP contribution in [0.4, 0.5) is 4.39 Å². The first-order valence-corrected chi connectivity index (χ1v) is 5.92. The summed E-state index contributed by atoms with van der Waals surface area (Å²) in [5.74, 6) is -1.09. The topological polar surface area (TPSA) is 80.9 Å². The van der Waals surface area contributed by atoms with Crippen molar-refractivity contribution in [2.45, 2.75) is 24.8 Å². The number of nitrogens with zero attached hydrogens (tertiary/aromatic N) is 4. The van der Waals surface area contributed by atoms with Gasteiger partial charge in [-0.05, 0) is 41.8 Å². The molecule has 0 saturated heterocycles. The Morgan fingerprint density at radius 2 is 2.21 bits per heavy atom. The monoisotopic (exact) mass is 262 g/mol. The number of carbonyl (C=O) groups is 1. The average Bonchev–Trinajstić information content (AvgIpc) is 2.76. The molecule has 0 amide bonds.